The number of esters is 2. The molecule has 0 aromatic rings. The van der Waals surface area contributed by atoms with Gasteiger partial charge in [0.15, 0.2) is 6.10 Å². The summed E-state index contributed by atoms with van der Waals surface area (Å²) in [6.45, 7) is 3.41. The second-order valence-corrected chi connectivity index (χ2v) is 19.5. The Morgan fingerprint density at radius 3 is 1.07 bits per heavy atom. The molecule has 0 heterocycles. The Bertz CT molecular complexity index is 1820. The third kappa shape index (κ3) is 58.5. The zero-order chi connectivity index (χ0) is 54.5. The van der Waals surface area contributed by atoms with Crippen molar-refractivity contribution >= 4 is 19.8 Å². The zero-order valence-electron chi connectivity index (χ0n) is 46.7. The molecule has 0 saturated heterocycles. The number of phosphoric acid groups is 1. The fraction of sp³-hybridized carbons (Fsp3) is 0.538. The molecule has 75 heavy (non-hydrogen) atoms. The lowest BCUT2D eigenvalue weighted by atomic mass is 10.1. The normalized spacial score (nSPS) is 14.3. The molecule has 0 bridgehead atoms. The first-order valence-electron chi connectivity index (χ1n) is 28.6. The smallest absolute Gasteiger partial charge is 0.462 e. The van der Waals surface area contributed by atoms with Gasteiger partial charge in [-0.1, -0.05) is 229 Å². The summed E-state index contributed by atoms with van der Waals surface area (Å²) in [5, 5.41) is 0. The van der Waals surface area contributed by atoms with Crippen LogP contribution in [0.1, 0.15) is 194 Å². The molecule has 2 atom stereocenters. The second-order valence-electron chi connectivity index (χ2n) is 18.0. The van der Waals surface area contributed by atoms with Crippen molar-refractivity contribution in [3.05, 3.63) is 170 Å². The van der Waals surface area contributed by atoms with Gasteiger partial charge in [0.2, 0.25) is 0 Å². The fourth-order valence-electron chi connectivity index (χ4n) is 6.96. The van der Waals surface area contributed by atoms with Gasteiger partial charge in [-0.15, -0.1) is 0 Å². The van der Waals surface area contributed by atoms with Crippen LogP contribution in [0.3, 0.4) is 0 Å². The van der Waals surface area contributed by atoms with Crippen LogP contribution in [-0.4, -0.2) is 49.3 Å². The third-order valence-electron chi connectivity index (χ3n) is 11.1. The molecule has 3 N–H and O–H groups in total. The highest BCUT2D eigenvalue weighted by atomic mass is 31.2. The molecule has 0 aliphatic heterocycles. The number of hydrogen-bond donors (Lipinski definition) is 2. The van der Waals surface area contributed by atoms with E-state index < -0.39 is 32.5 Å². The predicted octanol–water partition coefficient (Wildman–Crippen LogP) is 18.3. The summed E-state index contributed by atoms with van der Waals surface area (Å²) in [6.07, 6.45) is 87.0. The molecule has 0 aromatic heterocycles. The molecule has 0 aliphatic carbocycles. The molecule has 0 aromatic carbocycles. The maximum atomic E-state index is 12.7. The number of hydrogen-bond acceptors (Lipinski definition) is 8. The van der Waals surface area contributed by atoms with Crippen molar-refractivity contribution in [1.82, 2.24) is 0 Å². The van der Waals surface area contributed by atoms with Gasteiger partial charge in [0.1, 0.15) is 6.61 Å². The molecule has 0 amide bonds. The van der Waals surface area contributed by atoms with E-state index in [9.17, 15) is 19.0 Å². The van der Waals surface area contributed by atoms with Gasteiger partial charge in [0.25, 0.3) is 0 Å². The number of ether oxygens (including phenoxy) is 2. The Labute approximate surface area is 457 Å². The average molecular weight is 1060 g/mol. The van der Waals surface area contributed by atoms with E-state index in [4.69, 9.17) is 24.3 Å². The summed E-state index contributed by atoms with van der Waals surface area (Å²) < 4.78 is 32.9. The van der Waals surface area contributed by atoms with E-state index in [0.717, 1.165) is 122 Å². The lowest BCUT2D eigenvalue weighted by molar-refractivity contribution is -0.161. The van der Waals surface area contributed by atoms with Crippen molar-refractivity contribution in [1.29, 1.82) is 0 Å². The Kier molecular flexibility index (Phi) is 55.0. The van der Waals surface area contributed by atoms with E-state index in [-0.39, 0.29) is 32.6 Å². The molecule has 10 heteroatoms. The summed E-state index contributed by atoms with van der Waals surface area (Å²) in [5.74, 6) is -0.918. The summed E-state index contributed by atoms with van der Waals surface area (Å²) in [5.41, 5.74) is 5.37. The average Bonchev–Trinajstić information content (AvgIpc) is 3.40. The highest BCUT2D eigenvalue weighted by Gasteiger charge is 2.26. The van der Waals surface area contributed by atoms with Crippen LogP contribution < -0.4 is 5.73 Å². The van der Waals surface area contributed by atoms with E-state index in [2.05, 4.69) is 178 Å². The number of allylic oxidation sites excluding steroid dienone is 28. The number of unbranched alkanes of at least 4 members (excludes halogenated alkanes) is 10. The molecular formula is C65H102NO8P. The summed E-state index contributed by atoms with van der Waals surface area (Å²) in [4.78, 5) is 35.1. The predicted molar refractivity (Wildman–Crippen MR) is 320 cm³/mol. The molecule has 0 radical (unpaired) electrons. The number of carbonyl (C=O) groups excluding carboxylic acids is 2. The van der Waals surface area contributed by atoms with Gasteiger partial charge < -0.3 is 20.1 Å². The SMILES string of the molecule is CC/C=C\C/C=C\C/C=C\C/C=C\C/C=C\C/C=C\C/C=C\C/C=C\C/C=C\CCCCCCCCCCCC(=O)OC(COC(=O)CCC/C=C\C/C=C\C/C=C\C/C=C\C/C=C\CC)COP(=O)(O)OCCN. The highest BCUT2D eigenvalue weighted by Crippen LogP contribution is 2.43. The summed E-state index contributed by atoms with van der Waals surface area (Å²) >= 11 is 0. The second kappa shape index (κ2) is 58.6. The van der Waals surface area contributed by atoms with Crippen molar-refractivity contribution in [2.75, 3.05) is 26.4 Å². The fourth-order valence-corrected chi connectivity index (χ4v) is 7.72. The van der Waals surface area contributed by atoms with Gasteiger partial charge in [-0.25, -0.2) is 4.57 Å². The largest absolute Gasteiger partial charge is 0.472 e. The Hall–Kier alpha value is -4.63. The molecule has 0 saturated carbocycles. The first kappa shape index (κ1) is 70.4. The van der Waals surface area contributed by atoms with Crippen LogP contribution in [0.4, 0.5) is 0 Å². The highest BCUT2D eigenvalue weighted by molar-refractivity contribution is 7.47. The van der Waals surface area contributed by atoms with Crippen LogP contribution >= 0.6 is 7.82 Å². The monoisotopic (exact) mass is 1060 g/mol. The molecule has 0 rings (SSSR count). The van der Waals surface area contributed by atoms with Crippen molar-refractivity contribution in [3.8, 4) is 0 Å². The van der Waals surface area contributed by atoms with Crippen molar-refractivity contribution in [2.24, 2.45) is 5.73 Å². The minimum Gasteiger partial charge on any atom is -0.462 e. The van der Waals surface area contributed by atoms with E-state index in [1.807, 2.05) is 6.08 Å². The Balaban J connectivity index is 4.07. The van der Waals surface area contributed by atoms with E-state index in [1.54, 1.807) is 0 Å². The van der Waals surface area contributed by atoms with Gasteiger partial charge >= 0.3 is 19.8 Å². The molecular weight excluding hydrogens is 954 g/mol. The van der Waals surface area contributed by atoms with Gasteiger partial charge in [0.05, 0.1) is 13.2 Å². The maximum Gasteiger partial charge on any atom is 0.472 e. The van der Waals surface area contributed by atoms with Crippen LogP contribution in [0.5, 0.6) is 0 Å². The Morgan fingerprint density at radius 1 is 0.400 bits per heavy atom. The molecule has 2 unspecified atom stereocenters. The first-order chi connectivity index (χ1) is 36.8. The lowest BCUT2D eigenvalue weighted by Gasteiger charge is -2.19. The molecule has 0 spiro atoms. The van der Waals surface area contributed by atoms with Gasteiger partial charge in [-0.05, 0) is 122 Å². The molecule has 0 fully saturated rings. The van der Waals surface area contributed by atoms with Crippen LogP contribution in [0.25, 0.3) is 0 Å². The van der Waals surface area contributed by atoms with E-state index >= 15 is 0 Å². The molecule has 0 aliphatic rings. The minimum atomic E-state index is -4.41. The summed E-state index contributed by atoms with van der Waals surface area (Å²) in [7, 11) is -4.41. The Morgan fingerprint density at radius 2 is 0.707 bits per heavy atom. The molecule has 420 valence electrons. The first-order valence-corrected chi connectivity index (χ1v) is 30.1. The quantitative estimate of drug-likeness (QED) is 0.0264. The van der Waals surface area contributed by atoms with Crippen LogP contribution in [0, 0.1) is 0 Å². The molecule has 9 nitrogen and oxygen atoms in total. The number of rotatable bonds is 51. The van der Waals surface area contributed by atoms with Crippen molar-refractivity contribution in [3.63, 3.8) is 0 Å². The van der Waals surface area contributed by atoms with Gasteiger partial charge in [-0.3, -0.25) is 18.6 Å². The number of carbonyl (C=O) groups is 2. The van der Waals surface area contributed by atoms with Gasteiger partial charge in [-0.2, -0.15) is 0 Å². The summed E-state index contributed by atoms with van der Waals surface area (Å²) in [6, 6.07) is 0. The van der Waals surface area contributed by atoms with Crippen LogP contribution in [0.15, 0.2) is 170 Å². The van der Waals surface area contributed by atoms with Crippen molar-refractivity contribution < 1.29 is 37.6 Å². The van der Waals surface area contributed by atoms with Gasteiger partial charge in [0, 0.05) is 19.4 Å². The van der Waals surface area contributed by atoms with Crippen LogP contribution in [0.2, 0.25) is 0 Å². The topological polar surface area (TPSA) is 134 Å². The van der Waals surface area contributed by atoms with E-state index in [0.29, 0.717) is 12.8 Å². The van der Waals surface area contributed by atoms with Crippen molar-refractivity contribution in [2.45, 2.75) is 200 Å². The number of phosphoric ester groups is 1. The zero-order valence-corrected chi connectivity index (χ0v) is 47.6. The van der Waals surface area contributed by atoms with E-state index in [1.165, 1.54) is 32.1 Å². The minimum absolute atomic E-state index is 0.0354. The maximum absolute atomic E-state index is 12.7. The van der Waals surface area contributed by atoms with Crippen LogP contribution in [-0.2, 0) is 32.7 Å². The lowest BCUT2D eigenvalue weighted by Crippen LogP contribution is -2.29. The number of nitrogens with two attached hydrogens (primary N) is 1. The standard InChI is InChI=1S/C65H102NO8P/c1-3-5-7-9-11-13-15-17-19-21-22-23-24-25-26-27-28-29-30-31-32-33-34-35-36-37-38-39-40-42-44-46-48-50-52-54-56-58-65(68)74-63(62-73-75(69,70)72-60-59-66)61-71-64(67)57-55-53-51-49-47-45-43-41-20-18-16-14-12-10-8-6-4-2/h5-8,11-14,17-20,22-23,25-26,28-29,31-32,34-35,37-38,43,45,49,51,63H,3-4,9-10,15-16,21,24,27,30,33,36,39-42,44,46-48,50,52-62,66H2,1-2H3,(H,69,70)/b7-5-,8-6-,13-11-,14-12-,19-17-,20-18-,23-22-,26-25-,29-28-,32-31-,35-34-,38-37-,45-43-,51-49-. The third-order valence-corrected chi connectivity index (χ3v) is 12.1.